The maximum absolute atomic E-state index is 11.1. The Kier molecular flexibility index (Phi) is 3.47. The highest BCUT2D eigenvalue weighted by atomic mass is 79.9. The second-order valence-electron chi connectivity index (χ2n) is 4.17. The van der Waals surface area contributed by atoms with Crippen molar-refractivity contribution >= 4 is 21.9 Å². The Hall–Kier alpha value is -1.69. The molecule has 94 valence electrons. The molecule has 0 bridgehead atoms. The summed E-state index contributed by atoms with van der Waals surface area (Å²) < 4.78 is 2.47. The van der Waals surface area contributed by atoms with Crippen molar-refractivity contribution in [1.29, 1.82) is 0 Å². The first-order valence-electron chi connectivity index (χ1n) is 5.45. The zero-order valence-electron chi connectivity index (χ0n) is 9.96. The van der Waals surface area contributed by atoms with Crippen LogP contribution in [0.25, 0.3) is 5.69 Å². The van der Waals surface area contributed by atoms with E-state index in [2.05, 4.69) is 26.2 Å². The summed E-state index contributed by atoms with van der Waals surface area (Å²) >= 11 is 3.38. The van der Waals surface area contributed by atoms with Gasteiger partial charge in [-0.2, -0.15) is 0 Å². The predicted octanol–water partition coefficient (Wildman–Crippen LogP) is 2.85. The zero-order chi connectivity index (χ0) is 13.3. The van der Waals surface area contributed by atoms with Gasteiger partial charge in [-0.15, -0.1) is 5.10 Å². The largest absolute Gasteiger partial charge is 0.476 e. The molecule has 1 heterocycles. The van der Waals surface area contributed by atoms with Gasteiger partial charge in [0.05, 0.1) is 11.4 Å². The van der Waals surface area contributed by atoms with E-state index >= 15 is 0 Å². The van der Waals surface area contributed by atoms with Crippen molar-refractivity contribution in [3.63, 3.8) is 0 Å². The van der Waals surface area contributed by atoms with Crippen LogP contribution in [-0.4, -0.2) is 26.1 Å². The Morgan fingerprint density at radius 3 is 2.72 bits per heavy atom. The first kappa shape index (κ1) is 12.8. The standard InChI is InChI=1S/C12H12BrN3O2/c1-7(2)11-10(12(17)18)14-15-16(11)9-5-3-4-8(13)6-9/h3-7H,1-2H3,(H,17,18). The summed E-state index contributed by atoms with van der Waals surface area (Å²) in [6, 6.07) is 7.49. The number of rotatable bonds is 3. The van der Waals surface area contributed by atoms with Crippen LogP contribution in [0.5, 0.6) is 0 Å². The molecule has 0 aliphatic heterocycles. The van der Waals surface area contributed by atoms with E-state index in [1.807, 2.05) is 38.1 Å². The van der Waals surface area contributed by atoms with Crippen LogP contribution in [0.4, 0.5) is 0 Å². The maximum atomic E-state index is 11.1. The summed E-state index contributed by atoms with van der Waals surface area (Å²) in [4.78, 5) is 11.1. The Bertz CT molecular complexity index is 593. The van der Waals surface area contributed by atoms with Gasteiger partial charge in [0.25, 0.3) is 0 Å². The SMILES string of the molecule is CC(C)c1c(C(=O)O)nnn1-c1cccc(Br)c1. The van der Waals surface area contributed by atoms with E-state index in [0.29, 0.717) is 5.69 Å². The molecule has 0 spiro atoms. The van der Waals surface area contributed by atoms with Crippen LogP contribution in [0.1, 0.15) is 35.9 Å². The molecule has 0 atom stereocenters. The Morgan fingerprint density at radius 2 is 2.17 bits per heavy atom. The third-order valence-corrected chi connectivity index (χ3v) is 3.00. The molecule has 0 aliphatic carbocycles. The summed E-state index contributed by atoms with van der Waals surface area (Å²) in [5, 5.41) is 16.8. The number of hydrogen-bond donors (Lipinski definition) is 1. The lowest BCUT2D eigenvalue weighted by Gasteiger charge is -2.09. The van der Waals surface area contributed by atoms with E-state index in [-0.39, 0.29) is 11.6 Å². The van der Waals surface area contributed by atoms with Gasteiger partial charge in [0.2, 0.25) is 0 Å². The molecule has 0 saturated heterocycles. The third-order valence-electron chi connectivity index (χ3n) is 2.51. The number of benzene rings is 1. The van der Waals surface area contributed by atoms with Gasteiger partial charge in [-0.05, 0) is 24.1 Å². The Balaban J connectivity index is 2.61. The molecule has 18 heavy (non-hydrogen) atoms. The smallest absolute Gasteiger partial charge is 0.358 e. The Labute approximate surface area is 113 Å². The van der Waals surface area contributed by atoms with Crippen molar-refractivity contribution < 1.29 is 9.90 Å². The van der Waals surface area contributed by atoms with Crippen LogP contribution < -0.4 is 0 Å². The number of carbonyl (C=O) groups is 1. The fourth-order valence-corrected chi connectivity index (χ4v) is 2.15. The quantitative estimate of drug-likeness (QED) is 0.946. The van der Waals surface area contributed by atoms with Crippen LogP contribution in [0.15, 0.2) is 28.7 Å². The number of aromatic nitrogens is 3. The highest BCUT2D eigenvalue weighted by Crippen LogP contribution is 2.23. The summed E-state index contributed by atoms with van der Waals surface area (Å²) in [5.74, 6) is -1.04. The van der Waals surface area contributed by atoms with Crippen LogP contribution >= 0.6 is 15.9 Å². The molecular weight excluding hydrogens is 298 g/mol. The molecule has 0 aliphatic rings. The maximum Gasteiger partial charge on any atom is 0.358 e. The number of carboxylic acid groups (broad SMARTS) is 1. The van der Waals surface area contributed by atoms with Crippen molar-refractivity contribution in [3.8, 4) is 5.69 Å². The monoisotopic (exact) mass is 309 g/mol. The minimum absolute atomic E-state index is 0.00461. The minimum atomic E-state index is -1.06. The summed E-state index contributed by atoms with van der Waals surface area (Å²) in [7, 11) is 0. The van der Waals surface area contributed by atoms with Gasteiger partial charge in [0, 0.05) is 4.47 Å². The predicted molar refractivity (Wildman–Crippen MR) is 70.1 cm³/mol. The molecule has 2 rings (SSSR count). The molecule has 0 radical (unpaired) electrons. The lowest BCUT2D eigenvalue weighted by atomic mass is 10.1. The molecule has 1 aromatic heterocycles. The minimum Gasteiger partial charge on any atom is -0.476 e. The van der Waals surface area contributed by atoms with Crippen LogP contribution in [0.2, 0.25) is 0 Å². The van der Waals surface area contributed by atoms with Gasteiger partial charge in [-0.3, -0.25) is 0 Å². The van der Waals surface area contributed by atoms with Gasteiger partial charge in [0.1, 0.15) is 0 Å². The molecule has 0 amide bonds. The van der Waals surface area contributed by atoms with Gasteiger partial charge in [-0.1, -0.05) is 41.1 Å². The van der Waals surface area contributed by atoms with E-state index < -0.39 is 5.97 Å². The number of nitrogens with zero attached hydrogens (tertiary/aromatic N) is 3. The molecule has 6 heteroatoms. The molecule has 1 N–H and O–H groups in total. The van der Waals surface area contributed by atoms with E-state index in [0.717, 1.165) is 10.2 Å². The number of halogens is 1. The fraction of sp³-hybridized carbons (Fsp3) is 0.250. The molecule has 0 unspecified atom stereocenters. The molecule has 0 saturated carbocycles. The zero-order valence-corrected chi connectivity index (χ0v) is 11.5. The van der Waals surface area contributed by atoms with E-state index in [1.54, 1.807) is 4.68 Å². The molecule has 2 aromatic rings. The van der Waals surface area contributed by atoms with Crippen molar-refractivity contribution in [2.24, 2.45) is 0 Å². The molecule has 0 fully saturated rings. The number of carboxylic acids is 1. The van der Waals surface area contributed by atoms with Crippen molar-refractivity contribution in [3.05, 3.63) is 40.1 Å². The van der Waals surface area contributed by atoms with Crippen molar-refractivity contribution in [2.45, 2.75) is 19.8 Å². The highest BCUT2D eigenvalue weighted by Gasteiger charge is 2.22. The molecule has 1 aromatic carbocycles. The first-order valence-corrected chi connectivity index (χ1v) is 6.25. The third kappa shape index (κ3) is 2.28. The van der Waals surface area contributed by atoms with Crippen LogP contribution in [-0.2, 0) is 0 Å². The van der Waals surface area contributed by atoms with Crippen molar-refractivity contribution in [2.75, 3.05) is 0 Å². The normalized spacial score (nSPS) is 10.9. The summed E-state index contributed by atoms with van der Waals surface area (Å²) in [6.07, 6.45) is 0. The summed E-state index contributed by atoms with van der Waals surface area (Å²) in [6.45, 7) is 3.83. The topological polar surface area (TPSA) is 68.0 Å². The van der Waals surface area contributed by atoms with Gasteiger partial charge in [0.15, 0.2) is 5.69 Å². The summed E-state index contributed by atoms with van der Waals surface area (Å²) in [5.41, 5.74) is 1.39. The van der Waals surface area contributed by atoms with E-state index in [9.17, 15) is 4.79 Å². The van der Waals surface area contributed by atoms with E-state index in [4.69, 9.17) is 5.11 Å². The molecule has 5 nitrogen and oxygen atoms in total. The first-order chi connectivity index (χ1) is 8.50. The van der Waals surface area contributed by atoms with Gasteiger partial charge >= 0.3 is 5.97 Å². The highest BCUT2D eigenvalue weighted by molar-refractivity contribution is 9.10. The van der Waals surface area contributed by atoms with Crippen LogP contribution in [0.3, 0.4) is 0 Å². The fourth-order valence-electron chi connectivity index (χ4n) is 1.76. The Morgan fingerprint density at radius 1 is 1.44 bits per heavy atom. The number of hydrogen-bond acceptors (Lipinski definition) is 3. The average Bonchev–Trinajstić information content (AvgIpc) is 2.73. The average molecular weight is 310 g/mol. The second kappa shape index (κ2) is 4.89. The second-order valence-corrected chi connectivity index (χ2v) is 5.09. The van der Waals surface area contributed by atoms with Gasteiger partial charge in [-0.25, -0.2) is 9.48 Å². The van der Waals surface area contributed by atoms with E-state index in [1.165, 1.54) is 0 Å². The molecular formula is C12H12BrN3O2. The van der Waals surface area contributed by atoms with Gasteiger partial charge < -0.3 is 5.11 Å². The van der Waals surface area contributed by atoms with Crippen LogP contribution in [0, 0.1) is 0 Å². The van der Waals surface area contributed by atoms with Crippen molar-refractivity contribution in [1.82, 2.24) is 15.0 Å². The lowest BCUT2D eigenvalue weighted by molar-refractivity contribution is 0.0688. The lowest BCUT2D eigenvalue weighted by Crippen LogP contribution is -2.08. The number of aromatic carboxylic acids is 1.